The van der Waals surface area contributed by atoms with E-state index in [1.807, 2.05) is 30.3 Å². The lowest BCUT2D eigenvalue weighted by Crippen LogP contribution is -2.36. The van der Waals surface area contributed by atoms with E-state index < -0.39 is 11.6 Å². The first-order chi connectivity index (χ1) is 11.2. The van der Waals surface area contributed by atoms with Crippen LogP contribution in [0.2, 0.25) is 0 Å². The molecule has 1 N–H and O–H groups in total. The van der Waals surface area contributed by atoms with Crippen molar-refractivity contribution in [2.24, 2.45) is 5.10 Å². The highest BCUT2D eigenvalue weighted by molar-refractivity contribution is 5.85. The smallest absolute Gasteiger partial charge is 0.268 e. The highest BCUT2D eigenvalue weighted by atomic mass is 16.2. The number of nitrogens with zero attached hydrogens (tertiary/aromatic N) is 3. The number of nitrogens with one attached hydrogen (secondary N) is 1. The Morgan fingerprint density at radius 3 is 2.61 bits per heavy atom. The molecular weight excluding hydrogens is 292 g/mol. The van der Waals surface area contributed by atoms with Crippen LogP contribution in [0.1, 0.15) is 11.4 Å². The summed E-state index contributed by atoms with van der Waals surface area (Å²) in [5, 5.41) is 4.26. The van der Waals surface area contributed by atoms with Crippen LogP contribution >= 0.6 is 0 Å². The third-order valence-corrected chi connectivity index (χ3v) is 3.32. The molecule has 0 aliphatic rings. The van der Waals surface area contributed by atoms with Gasteiger partial charge in [-0.15, -0.1) is 0 Å². The molecule has 3 rings (SSSR count). The van der Waals surface area contributed by atoms with Crippen LogP contribution in [0.15, 0.2) is 64.5 Å². The van der Waals surface area contributed by atoms with Gasteiger partial charge in [0.25, 0.3) is 5.56 Å². The summed E-state index contributed by atoms with van der Waals surface area (Å²) in [5.41, 5.74) is 3.33. The number of para-hydroxylation sites is 1. The Morgan fingerprint density at radius 1 is 1.13 bits per heavy atom. The Labute approximate surface area is 132 Å². The third kappa shape index (κ3) is 3.01. The SMILES string of the molecule is Cc1nc2ccccc2c(=O)n1C(=O)N/N=C/c1ccccc1. The quantitative estimate of drug-likeness (QED) is 0.583. The van der Waals surface area contributed by atoms with Crippen molar-refractivity contribution in [1.29, 1.82) is 0 Å². The van der Waals surface area contributed by atoms with Crippen LogP contribution in [0.3, 0.4) is 0 Å². The second-order valence-corrected chi connectivity index (χ2v) is 4.90. The Morgan fingerprint density at radius 2 is 1.83 bits per heavy atom. The fourth-order valence-corrected chi connectivity index (χ4v) is 2.23. The summed E-state index contributed by atoms with van der Waals surface area (Å²) in [5.74, 6) is 0.307. The molecule has 0 aliphatic heterocycles. The van der Waals surface area contributed by atoms with Gasteiger partial charge in [-0.1, -0.05) is 42.5 Å². The van der Waals surface area contributed by atoms with E-state index in [1.54, 1.807) is 31.2 Å². The molecule has 0 fully saturated rings. The van der Waals surface area contributed by atoms with Crippen molar-refractivity contribution in [2.45, 2.75) is 6.92 Å². The minimum absolute atomic E-state index is 0.307. The van der Waals surface area contributed by atoms with Gasteiger partial charge in [-0.05, 0) is 24.6 Å². The van der Waals surface area contributed by atoms with E-state index >= 15 is 0 Å². The van der Waals surface area contributed by atoms with Crippen LogP contribution in [0.5, 0.6) is 0 Å². The molecule has 0 bridgehead atoms. The van der Waals surface area contributed by atoms with E-state index in [0.29, 0.717) is 16.7 Å². The van der Waals surface area contributed by atoms with Crippen molar-refractivity contribution in [3.8, 4) is 0 Å². The van der Waals surface area contributed by atoms with Gasteiger partial charge in [-0.2, -0.15) is 5.10 Å². The minimum Gasteiger partial charge on any atom is -0.268 e. The second kappa shape index (κ2) is 6.23. The summed E-state index contributed by atoms with van der Waals surface area (Å²) >= 11 is 0. The monoisotopic (exact) mass is 306 g/mol. The van der Waals surface area contributed by atoms with E-state index in [-0.39, 0.29) is 0 Å². The lowest BCUT2D eigenvalue weighted by atomic mass is 10.2. The molecule has 2 aromatic carbocycles. The number of benzene rings is 2. The van der Waals surface area contributed by atoms with Crippen LogP contribution in [0.4, 0.5) is 4.79 Å². The van der Waals surface area contributed by atoms with Gasteiger partial charge in [0, 0.05) is 0 Å². The van der Waals surface area contributed by atoms with Crippen molar-refractivity contribution in [1.82, 2.24) is 15.0 Å². The molecule has 23 heavy (non-hydrogen) atoms. The Bertz CT molecular complexity index is 946. The van der Waals surface area contributed by atoms with Gasteiger partial charge in [0.1, 0.15) is 5.82 Å². The van der Waals surface area contributed by atoms with Crippen LogP contribution < -0.4 is 11.0 Å². The maximum absolute atomic E-state index is 12.4. The summed E-state index contributed by atoms with van der Waals surface area (Å²) < 4.78 is 0.977. The zero-order valence-electron chi connectivity index (χ0n) is 12.4. The van der Waals surface area contributed by atoms with E-state index in [9.17, 15) is 9.59 Å². The first-order valence-electron chi connectivity index (χ1n) is 7.03. The van der Waals surface area contributed by atoms with Gasteiger partial charge in [0.05, 0.1) is 17.1 Å². The zero-order valence-corrected chi connectivity index (χ0v) is 12.4. The van der Waals surface area contributed by atoms with E-state index in [2.05, 4.69) is 15.5 Å². The molecule has 0 radical (unpaired) electrons. The predicted octanol–water partition coefficient (Wildman–Crippen LogP) is 2.30. The van der Waals surface area contributed by atoms with Crippen molar-refractivity contribution in [3.05, 3.63) is 76.3 Å². The van der Waals surface area contributed by atoms with Crippen LogP contribution in [-0.2, 0) is 0 Å². The Hall–Kier alpha value is -3.28. The number of fused-ring (bicyclic) bond motifs is 1. The van der Waals surface area contributed by atoms with Crippen molar-refractivity contribution in [3.63, 3.8) is 0 Å². The number of carbonyl (C=O) groups excluding carboxylic acids is 1. The van der Waals surface area contributed by atoms with Gasteiger partial charge in [-0.25, -0.2) is 19.8 Å². The molecule has 0 unspecified atom stereocenters. The van der Waals surface area contributed by atoms with Gasteiger partial charge in [0.2, 0.25) is 0 Å². The maximum atomic E-state index is 12.4. The van der Waals surface area contributed by atoms with Crippen molar-refractivity contribution >= 4 is 23.1 Å². The molecule has 0 aliphatic carbocycles. The van der Waals surface area contributed by atoms with Gasteiger partial charge >= 0.3 is 6.03 Å². The predicted molar refractivity (Wildman–Crippen MR) is 88.7 cm³/mol. The summed E-state index contributed by atoms with van der Waals surface area (Å²) in [7, 11) is 0. The number of hydrogen-bond donors (Lipinski definition) is 1. The van der Waals surface area contributed by atoms with E-state index in [4.69, 9.17) is 0 Å². The fourth-order valence-electron chi connectivity index (χ4n) is 2.23. The standard InChI is InChI=1S/C17H14N4O2/c1-12-19-15-10-6-5-9-14(15)16(22)21(12)17(23)20-18-11-13-7-3-2-4-8-13/h2-11H,1H3,(H,20,23)/b18-11+. The number of carbonyl (C=O) groups is 1. The van der Waals surface area contributed by atoms with Crippen LogP contribution in [-0.4, -0.2) is 21.8 Å². The summed E-state index contributed by atoms with van der Waals surface area (Å²) in [6, 6.07) is 15.6. The Balaban J connectivity index is 1.89. The topological polar surface area (TPSA) is 76.3 Å². The number of aryl methyl sites for hydroxylation is 1. The van der Waals surface area contributed by atoms with E-state index in [1.165, 1.54) is 6.21 Å². The molecule has 0 saturated carbocycles. The van der Waals surface area contributed by atoms with Gasteiger partial charge < -0.3 is 0 Å². The molecule has 0 atom stereocenters. The van der Waals surface area contributed by atoms with Crippen molar-refractivity contribution in [2.75, 3.05) is 0 Å². The largest absolute Gasteiger partial charge is 0.350 e. The summed E-state index contributed by atoms with van der Waals surface area (Å²) in [4.78, 5) is 28.9. The highest BCUT2D eigenvalue weighted by Gasteiger charge is 2.13. The average molecular weight is 306 g/mol. The number of hydrazone groups is 1. The van der Waals surface area contributed by atoms with Crippen LogP contribution in [0, 0.1) is 6.92 Å². The highest BCUT2D eigenvalue weighted by Crippen LogP contribution is 2.07. The van der Waals surface area contributed by atoms with Gasteiger partial charge in [0.15, 0.2) is 0 Å². The molecule has 1 aromatic heterocycles. The molecule has 6 heteroatoms. The molecule has 1 amide bonds. The molecule has 1 heterocycles. The number of hydrogen-bond acceptors (Lipinski definition) is 4. The maximum Gasteiger partial charge on any atom is 0.350 e. The third-order valence-electron chi connectivity index (χ3n) is 3.32. The second-order valence-electron chi connectivity index (χ2n) is 4.90. The summed E-state index contributed by atoms with van der Waals surface area (Å²) in [6.07, 6.45) is 1.51. The zero-order chi connectivity index (χ0) is 16.2. The van der Waals surface area contributed by atoms with Crippen LogP contribution in [0.25, 0.3) is 10.9 Å². The molecule has 0 saturated heterocycles. The average Bonchev–Trinajstić information content (AvgIpc) is 2.56. The lowest BCUT2D eigenvalue weighted by Gasteiger charge is -2.08. The minimum atomic E-state index is -0.641. The molecule has 6 nitrogen and oxygen atoms in total. The molecule has 114 valence electrons. The molecule has 0 spiro atoms. The lowest BCUT2D eigenvalue weighted by molar-refractivity contribution is 0.241. The molecule has 3 aromatic rings. The Kier molecular flexibility index (Phi) is 3.97. The first kappa shape index (κ1) is 14.6. The van der Waals surface area contributed by atoms with E-state index in [0.717, 1.165) is 10.1 Å². The van der Waals surface area contributed by atoms with Gasteiger partial charge in [-0.3, -0.25) is 4.79 Å². The molecular formula is C17H14N4O2. The number of rotatable bonds is 2. The summed E-state index contributed by atoms with van der Waals surface area (Å²) in [6.45, 7) is 1.61. The normalized spacial score (nSPS) is 11.0. The number of aromatic nitrogens is 2. The fraction of sp³-hybridized carbons (Fsp3) is 0.0588. The first-order valence-corrected chi connectivity index (χ1v) is 7.03. The van der Waals surface area contributed by atoms with Crippen molar-refractivity contribution < 1.29 is 4.79 Å². The number of amides is 1.